The standard InChI is InChI=1S/C7H13NO/c1-3-7(4-2)5-9-6-8-7/h6H,3-5H2,1-2H3. The number of ether oxygens (including phenoxy) is 1. The molecule has 0 radical (unpaired) electrons. The van der Waals surface area contributed by atoms with Gasteiger partial charge >= 0.3 is 0 Å². The van der Waals surface area contributed by atoms with E-state index in [-0.39, 0.29) is 5.54 Å². The van der Waals surface area contributed by atoms with Crippen molar-refractivity contribution in [3.05, 3.63) is 0 Å². The molecule has 0 amide bonds. The van der Waals surface area contributed by atoms with E-state index in [0.29, 0.717) is 0 Å². The largest absolute Gasteiger partial charge is 0.481 e. The third kappa shape index (κ3) is 1.07. The highest BCUT2D eigenvalue weighted by atomic mass is 16.5. The van der Waals surface area contributed by atoms with Crippen LogP contribution in [0, 0.1) is 0 Å². The maximum absolute atomic E-state index is 5.05. The van der Waals surface area contributed by atoms with Crippen molar-refractivity contribution in [3.8, 4) is 0 Å². The Bertz CT molecular complexity index is 116. The molecule has 1 aliphatic heterocycles. The lowest BCUT2D eigenvalue weighted by atomic mass is 9.96. The highest BCUT2D eigenvalue weighted by Crippen LogP contribution is 2.23. The average Bonchev–Trinajstić information content (AvgIpc) is 2.36. The second-order valence-electron chi connectivity index (χ2n) is 2.48. The van der Waals surface area contributed by atoms with E-state index in [2.05, 4.69) is 18.8 Å². The molecule has 0 atom stereocenters. The fourth-order valence-corrected chi connectivity index (χ4v) is 1.02. The second-order valence-corrected chi connectivity index (χ2v) is 2.48. The first kappa shape index (κ1) is 6.59. The molecule has 0 bridgehead atoms. The topological polar surface area (TPSA) is 21.6 Å². The monoisotopic (exact) mass is 127 g/mol. The fourth-order valence-electron chi connectivity index (χ4n) is 1.02. The Labute approximate surface area is 55.9 Å². The molecule has 52 valence electrons. The normalized spacial score (nSPS) is 22.0. The van der Waals surface area contributed by atoms with Crippen LogP contribution in [0.3, 0.4) is 0 Å². The quantitative estimate of drug-likeness (QED) is 0.552. The summed E-state index contributed by atoms with van der Waals surface area (Å²) in [6.45, 7) is 5.07. The van der Waals surface area contributed by atoms with E-state index >= 15 is 0 Å². The molecule has 0 aliphatic carbocycles. The minimum Gasteiger partial charge on any atom is -0.481 e. The third-order valence-corrected chi connectivity index (χ3v) is 2.07. The highest BCUT2D eigenvalue weighted by molar-refractivity contribution is 5.50. The Kier molecular flexibility index (Phi) is 1.74. The summed E-state index contributed by atoms with van der Waals surface area (Å²) in [5.41, 5.74) is 0.125. The third-order valence-electron chi connectivity index (χ3n) is 2.07. The van der Waals surface area contributed by atoms with Gasteiger partial charge in [0.2, 0.25) is 0 Å². The molecule has 2 nitrogen and oxygen atoms in total. The Morgan fingerprint density at radius 3 is 2.44 bits per heavy atom. The minimum atomic E-state index is 0.125. The van der Waals surface area contributed by atoms with Crippen LogP contribution in [0.15, 0.2) is 4.99 Å². The van der Waals surface area contributed by atoms with E-state index in [4.69, 9.17) is 4.74 Å². The molecule has 0 spiro atoms. The molecule has 0 fully saturated rings. The molecule has 1 aliphatic rings. The second kappa shape index (κ2) is 2.38. The molecule has 0 N–H and O–H groups in total. The van der Waals surface area contributed by atoms with Gasteiger partial charge in [-0.3, -0.25) is 0 Å². The summed E-state index contributed by atoms with van der Waals surface area (Å²) < 4.78 is 5.05. The first-order valence-electron chi connectivity index (χ1n) is 3.48. The highest BCUT2D eigenvalue weighted by Gasteiger charge is 2.28. The van der Waals surface area contributed by atoms with Crippen molar-refractivity contribution in [2.45, 2.75) is 32.2 Å². The van der Waals surface area contributed by atoms with Gasteiger partial charge in [-0.2, -0.15) is 0 Å². The zero-order chi connectivity index (χ0) is 6.74. The van der Waals surface area contributed by atoms with Crippen LogP contribution < -0.4 is 0 Å². The maximum Gasteiger partial charge on any atom is 0.170 e. The summed E-state index contributed by atoms with van der Waals surface area (Å²) in [6, 6.07) is 0. The summed E-state index contributed by atoms with van der Waals surface area (Å²) in [6.07, 6.45) is 3.74. The molecule has 0 aromatic rings. The number of nitrogens with zero attached hydrogens (tertiary/aromatic N) is 1. The molecule has 0 saturated carbocycles. The molecular weight excluding hydrogens is 114 g/mol. The molecule has 0 aromatic carbocycles. The summed E-state index contributed by atoms with van der Waals surface area (Å²) in [5.74, 6) is 0. The van der Waals surface area contributed by atoms with Crippen molar-refractivity contribution >= 4 is 6.40 Å². The lowest BCUT2D eigenvalue weighted by Gasteiger charge is -2.19. The van der Waals surface area contributed by atoms with E-state index in [0.717, 1.165) is 19.4 Å². The van der Waals surface area contributed by atoms with Gasteiger partial charge in [-0.25, -0.2) is 4.99 Å². The Morgan fingerprint density at radius 2 is 2.22 bits per heavy atom. The van der Waals surface area contributed by atoms with Crippen LogP contribution in [-0.2, 0) is 4.74 Å². The molecule has 2 heteroatoms. The SMILES string of the molecule is CCC1(CC)COC=N1. The zero-order valence-corrected chi connectivity index (χ0v) is 6.05. The lowest BCUT2D eigenvalue weighted by Crippen LogP contribution is -2.25. The van der Waals surface area contributed by atoms with Crippen molar-refractivity contribution < 1.29 is 4.74 Å². The summed E-state index contributed by atoms with van der Waals surface area (Å²) in [4.78, 5) is 4.26. The summed E-state index contributed by atoms with van der Waals surface area (Å²) >= 11 is 0. The van der Waals surface area contributed by atoms with Gasteiger partial charge in [0, 0.05) is 0 Å². The van der Waals surface area contributed by atoms with Gasteiger partial charge in [0.1, 0.15) is 6.61 Å². The summed E-state index contributed by atoms with van der Waals surface area (Å²) in [7, 11) is 0. The Morgan fingerprint density at radius 1 is 1.56 bits per heavy atom. The van der Waals surface area contributed by atoms with Crippen molar-refractivity contribution in [2.24, 2.45) is 4.99 Å². The number of hydrogen-bond acceptors (Lipinski definition) is 2. The molecule has 0 saturated heterocycles. The fraction of sp³-hybridized carbons (Fsp3) is 0.857. The lowest BCUT2D eigenvalue weighted by molar-refractivity contribution is 0.249. The molecule has 1 heterocycles. The number of aliphatic imine (C=N–C) groups is 1. The van der Waals surface area contributed by atoms with Gasteiger partial charge in [-0.05, 0) is 12.8 Å². The predicted molar refractivity (Wildman–Crippen MR) is 37.8 cm³/mol. The van der Waals surface area contributed by atoms with Crippen molar-refractivity contribution in [2.75, 3.05) is 6.61 Å². The van der Waals surface area contributed by atoms with E-state index in [9.17, 15) is 0 Å². The van der Waals surface area contributed by atoms with Crippen LogP contribution in [0.25, 0.3) is 0 Å². The molecule has 1 rings (SSSR count). The van der Waals surface area contributed by atoms with Crippen molar-refractivity contribution in [3.63, 3.8) is 0 Å². The zero-order valence-electron chi connectivity index (χ0n) is 6.05. The van der Waals surface area contributed by atoms with Crippen molar-refractivity contribution in [1.82, 2.24) is 0 Å². The maximum atomic E-state index is 5.05. The van der Waals surface area contributed by atoms with Gasteiger partial charge in [0.25, 0.3) is 0 Å². The Balaban J connectivity index is 2.57. The van der Waals surface area contributed by atoms with Gasteiger partial charge in [0.05, 0.1) is 5.54 Å². The van der Waals surface area contributed by atoms with Gasteiger partial charge in [-0.15, -0.1) is 0 Å². The van der Waals surface area contributed by atoms with E-state index in [1.807, 2.05) is 0 Å². The van der Waals surface area contributed by atoms with Gasteiger partial charge < -0.3 is 4.74 Å². The smallest absolute Gasteiger partial charge is 0.170 e. The van der Waals surface area contributed by atoms with E-state index < -0.39 is 0 Å². The molecule has 0 aromatic heterocycles. The van der Waals surface area contributed by atoms with E-state index in [1.165, 1.54) is 0 Å². The first-order chi connectivity index (χ1) is 4.33. The minimum absolute atomic E-state index is 0.125. The average molecular weight is 127 g/mol. The van der Waals surface area contributed by atoms with Crippen LogP contribution >= 0.6 is 0 Å². The predicted octanol–water partition coefficient (Wildman–Crippen LogP) is 1.60. The van der Waals surface area contributed by atoms with Gasteiger partial charge in [-0.1, -0.05) is 13.8 Å². The van der Waals surface area contributed by atoms with Crippen LogP contribution in [0.2, 0.25) is 0 Å². The first-order valence-corrected chi connectivity index (χ1v) is 3.48. The molecule has 9 heavy (non-hydrogen) atoms. The Hall–Kier alpha value is -0.530. The van der Waals surface area contributed by atoms with Crippen LogP contribution in [0.5, 0.6) is 0 Å². The number of rotatable bonds is 2. The molecule has 0 unspecified atom stereocenters. The van der Waals surface area contributed by atoms with Crippen molar-refractivity contribution in [1.29, 1.82) is 0 Å². The van der Waals surface area contributed by atoms with Crippen LogP contribution in [-0.4, -0.2) is 18.5 Å². The van der Waals surface area contributed by atoms with Crippen LogP contribution in [0.4, 0.5) is 0 Å². The summed E-state index contributed by atoms with van der Waals surface area (Å²) in [5, 5.41) is 0. The van der Waals surface area contributed by atoms with Gasteiger partial charge in [0.15, 0.2) is 6.40 Å². The van der Waals surface area contributed by atoms with E-state index in [1.54, 1.807) is 6.40 Å². The number of hydrogen-bond donors (Lipinski definition) is 0. The van der Waals surface area contributed by atoms with Crippen LogP contribution in [0.1, 0.15) is 26.7 Å². The molecular formula is C7H13NO.